The van der Waals surface area contributed by atoms with Crippen molar-refractivity contribution in [2.45, 2.75) is 0 Å². The highest BCUT2D eigenvalue weighted by Crippen LogP contribution is 2.23. The number of H-pyrrole nitrogens is 1. The van der Waals surface area contributed by atoms with Gasteiger partial charge in [0.2, 0.25) is 0 Å². The van der Waals surface area contributed by atoms with Crippen molar-refractivity contribution in [3.63, 3.8) is 0 Å². The van der Waals surface area contributed by atoms with Gasteiger partial charge in [-0.15, -0.1) is 10.2 Å². The molecule has 1 saturated heterocycles. The molecule has 0 atom stereocenters. The predicted molar refractivity (Wildman–Crippen MR) is 122 cm³/mol. The molecule has 5 rings (SSSR count). The van der Waals surface area contributed by atoms with Crippen molar-refractivity contribution in [2.75, 3.05) is 36.5 Å². The molecule has 1 aliphatic heterocycles. The SMILES string of the molecule is O=C(Nc1cccc(-c2ccc(N3CCOCC3)nn2)c1)C(=O)c1c[nH]c2ccccc12. The Labute approximate surface area is 184 Å². The molecule has 0 unspecified atom stereocenters. The predicted octanol–water partition coefficient (Wildman–Crippen LogP) is 3.28. The zero-order valence-electron chi connectivity index (χ0n) is 17.2. The van der Waals surface area contributed by atoms with Gasteiger partial charge in [-0.25, -0.2) is 0 Å². The van der Waals surface area contributed by atoms with E-state index < -0.39 is 11.7 Å². The number of Topliss-reactive ketones (excluding diaryl/α,β-unsaturated/α-hetero) is 1. The number of carbonyl (C=O) groups excluding carboxylic acids is 2. The van der Waals surface area contributed by atoms with E-state index in [2.05, 4.69) is 25.4 Å². The van der Waals surface area contributed by atoms with Crippen molar-refractivity contribution < 1.29 is 14.3 Å². The van der Waals surface area contributed by atoms with E-state index in [0.29, 0.717) is 30.2 Å². The quantitative estimate of drug-likeness (QED) is 0.375. The van der Waals surface area contributed by atoms with E-state index >= 15 is 0 Å². The van der Waals surface area contributed by atoms with Gasteiger partial charge in [-0.2, -0.15) is 0 Å². The third-order valence-electron chi connectivity index (χ3n) is 5.44. The molecule has 1 aliphatic rings. The minimum absolute atomic E-state index is 0.346. The Kier molecular flexibility index (Phi) is 5.35. The van der Waals surface area contributed by atoms with E-state index in [1.54, 1.807) is 24.4 Å². The van der Waals surface area contributed by atoms with Crippen molar-refractivity contribution in [1.82, 2.24) is 15.2 Å². The normalized spacial score (nSPS) is 13.8. The standard InChI is InChI=1S/C24H21N5O3/c30-23(19-15-25-21-7-2-1-6-18(19)21)24(31)26-17-5-3-4-16(14-17)20-8-9-22(28-27-20)29-10-12-32-13-11-29/h1-9,14-15,25H,10-13H2,(H,26,31). The minimum atomic E-state index is -0.694. The van der Waals surface area contributed by atoms with Crippen LogP contribution in [0.4, 0.5) is 11.5 Å². The molecule has 0 bridgehead atoms. The second-order valence-corrected chi connectivity index (χ2v) is 7.49. The Morgan fingerprint density at radius 2 is 1.81 bits per heavy atom. The Morgan fingerprint density at radius 3 is 2.62 bits per heavy atom. The molecule has 2 aromatic carbocycles. The fourth-order valence-corrected chi connectivity index (χ4v) is 3.77. The summed E-state index contributed by atoms with van der Waals surface area (Å²) in [4.78, 5) is 30.5. The maximum absolute atomic E-state index is 12.7. The van der Waals surface area contributed by atoms with Gasteiger partial charge in [-0.1, -0.05) is 30.3 Å². The lowest BCUT2D eigenvalue weighted by Crippen LogP contribution is -2.36. The van der Waals surface area contributed by atoms with Crippen molar-refractivity contribution in [1.29, 1.82) is 0 Å². The van der Waals surface area contributed by atoms with E-state index in [9.17, 15) is 9.59 Å². The second-order valence-electron chi connectivity index (χ2n) is 7.49. The molecule has 2 aromatic heterocycles. The van der Waals surface area contributed by atoms with Gasteiger partial charge >= 0.3 is 0 Å². The summed E-state index contributed by atoms with van der Waals surface area (Å²) in [5.41, 5.74) is 3.15. The first kappa shape index (κ1) is 19.9. The highest BCUT2D eigenvalue weighted by molar-refractivity contribution is 6.48. The number of hydrogen-bond acceptors (Lipinski definition) is 6. The molecule has 0 spiro atoms. The number of fused-ring (bicyclic) bond motifs is 1. The van der Waals surface area contributed by atoms with E-state index in [0.717, 1.165) is 35.4 Å². The van der Waals surface area contributed by atoms with E-state index in [1.165, 1.54) is 0 Å². The number of amides is 1. The van der Waals surface area contributed by atoms with E-state index in [1.807, 2.05) is 42.5 Å². The molecular formula is C24H21N5O3. The average Bonchev–Trinajstić information content (AvgIpc) is 3.28. The van der Waals surface area contributed by atoms with Crippen LogP contribution in [0, 0.1) is 0 Å². The Morgan fingerprint density at radius 1 is 0.969 bits per heavy atom. The number of aromatic nitrogens is 3. The van der Waals surface area contributed by atoms with Crippen molar-refractivity contribution in [2.24, 2.45) is 0 Å². The Balaban J connectivity index is 1.31. The van der Waals surface area contributed by atoms with E-state index in [4.69, 9.17) is 4.74 Å². The Bertz CT molecular complexity index is 1280. The molecular weight excluding hydrogens is 406 g/mol. The smallest absolute Gasteiger partial charge is 0.296 e. The van der Waals surface area contributed by atoms with Crippen LogP contribution in [0.2, 0.25) is 0 Å². The molecule has 160 valence electrons. The summed E-state index contributed by atoms with van der Waals surface area (Å²) in [5.74, 6) is -0.478. The molecule has 8 nitrogen and oxygen atoms in total. The zero-order valence-corrected chi connectivity index (χ0v) is 17.2. The largest absolute Gasteiger partial charge is 0.378 e. The van der Waals surface area contributed by atoms with Gasteiger partial charge in [0.15, 0.2) is 5.82 Å². The number of ketones is 1. The second kappa shape index (κ2) is 8.60. The van der Waals surface area contributed by atoms with Crippen molar-refractivity contribution >= 4 is 34.1 Å². The lowest BCUT2D eigenvalue weighted by molar-refractivity contribution is -0.112. The van der Waals surface area contributed by atoms with Gasteiger partial charge in [-0.05, 0) is 30.3 Å². The first-order valence-corrected chi connectivity index (χ1v) is 10.4. The van der Waals surface area contributed by atoms with Gasteiger partial charge in [0, 0.05) is 41.4 Å². The number of benzene rings is 2. The number of nitrogens with zero attached hydrogens (tertiary/aromatic N) is 3. The summed E-state index contributed by atoms with van der Waals surface area (Å²) in [6.07, 6.45) is 1.56. The molecule has 0 saturated carbocycles. The maximum Gasteiger partial charge on any atom is 0.296 e. The number of morpholine rings is 1. The molecule has 0 aliphatic carbocycles. The molecule has 32 heavy (non-hydrogen) atoms. The summed E-state index contributed by atoms with van der Waals surface area (Å²) in [5, 5.41) is 12.1. The van der Waals surface area contributed by atoms with Crippen LogP contribution in [-0.4, -0.2) is 53.2 Å². The minimum Gasteiger partial charge on any atom is -0.378 e. The number of nitrogens with one attached hydrogen (secondary N) is 2. The van der Waals surface area contributed by atoms with Gasteiger partial charge in [0.1, 0.15) is 0 Å². The van der Waals surface area contributed by atoms with Gasteiger partial charge in [0.05, 0.1) is 24.5 Å². The summed E-state index contributed by atoms with van der Waals surface area (Å²) in [7, 11) is 0. The number of anilines is 2. The number of ether oxygens (including phenoxy) is 1. The molecule has 1 amide bonds. The summed E-state index contributed by atoms with van der Waals surface area (Å²) in [6.45, 7) is 2.95. The monoisotopic (exact) mass is 427 g/mol. The van der Waals surface area contributed by atoms with Crippen LogP contribution in [0.15, 0.2) is 66.9 Å². The lowest BCUT2D eigenvalue weighted by Gasteiger charge is -2.27. The zero-order chi connectivity index (χ0) is 21.9. The van der Waals surface area contributed by atoms with Gasteiger partial charge in [-0.3, -0.25) is 9.59 Å². The first-order valence-electron chi connectivity index (χ1n) is 10.4. The number of rotatable bonds is 5. The maximum atomic E-state index is 12.7. The highest BCUT2D eigenvalue weighted by atomic mass is 16.5. The van der Waals surface area contributed by atoms with E-state index in [-0.39, 0.29) is 0 Å². The third kappa shape index (κ3) is 3.95. The number of aromatic amines is 1. The summed E-state index contributed by atoms with van der Waals surface area (Å²) < 4.78 is 5.37. The molecule has 3 heterocycles. The Hall–Kier alpha value is -4.04. The van der Waals surface area contributed by atoms with Crippen molar-refractivity contribution in [3.8, 4) is 11.3 Å². The van der Waals surface area contributed by atoms with Crippen molar-refractivity contribution in [3.05, 3.63) is 72.4 Å². The number of para-hydroxylation sites is 1. The molecule has 4 aromatic rings. The first-order chi connectivity index (χ1) is 15.7. The van der Waals surface area contributed by atoms with Crippen LogP contribution in [0.5, 0.6) is 0 Å². The number of hydrogen-bond donors (Lipinski definition) is 2. The molecule has 8 heteroatoms. The average molecular weight is 427 g/mol. The fourth-order valence-electron chi connectivity index (χ4n) is 3.77. The summed E-state index contributed by atoms with van der Waals surface area (Å²) in [6, 6.07) is 18.4. The van der Waals surface area contributed by atoms with Crippen LogP contribution in [0.3, 0.4) is 0 Å². The number of carbonyl (C=O) groups is 2. The summed E-state index contributed by atoms with van der Waals surface area (Å²) >= 11 is 0. The van der Waals surface area contributed by atoms with Crippen LogP contribution >= 0.6 is 0 Å². The topological polar surface area (TPSA) is 100 Å². The lowest BCUT2D eigenvalue weighted by atomic mass is 10.1. The van der Waals surface area contributed by atoms with Crippen LogP contribution in [-0.2, 0) is 9.53 Å². The third-order valence-corrected chi connectivity index (χ3v) is 5.44. The van der Waals surface area contributed by atoms with Crippen LogP contribution < -0.4 is 10.2 Å². The van der Waals surface area contributed by atoms with Gasteiger partial charge < -0.3 is 19.9 Å². The highest BCUT2D eigenvalue weighted by Gasteiger charge is 2.20. The van der Waals surface area contributed by atoms with Gasteiger partial charge in [0.25, 0.3) is 11.7 Å². The van der Waals surface area contributed by atoms with Crippen LogP contribution in [0.25, 0.3) is 22.2 Å². The molecule has 1 fully saturated rings. The fraction of sp³-hybridized carbons (Fsp3) is 0.167. The van der Waals surface area contributed by atoms with Crippen LogP contribution in [0.1, 0.15) is 10.4 Å². The molecule has 0 radical (unpaired) electrons. The molecule has 2 N–H and O–H groups in total.